The van der Waals surface area contributed by atoms with Crippen LogP contribution in [0.15, 0.2) is 46.9 Å². The van der Waals surface area contributed by atoms with Crippen molar-refractivity contribution in [2.45, 2.75) is 25.7 Å². The minimum atomic E-state index is 0.776. The van der Waals surface area contributed by atoms with Gasteiger partial charge in [-0.1, -0.05) is 28.8 Å². The number of nitrogens with zero attached hydrogens (tertiary/aromatic N) is 1. The third-order valence-corrected chi connectivity index (χ3v) is 4.74. The highest BCUT2D eigenvalue weighted by Gasteiger charge is 2.08. The molecule has 0 atom stereocenters. The summed E-state index contributed by atoms with van der Waals surface area (Å²) in [5.41, 5.74) is 3.09. The topological polar surface area (TPSA) is 49.9 Å². The molecule has 0 aliphatic rings. The van der Waals surface area contributed by atoms with Crippen molar-refractivity contribution in [1.82, 2.24) is 15.5 Å². The number of unbranched alkanes of at least 4 members (excludes halogenated alkanes) is 3. The Hall–Kier alpha value is -1.85. The van der Waals surface area contributed by atoms with Crippen molar-refractivity contribution in [3.63, 3.8) is 0 Å². The van der Waals surface area contributed by atoms with Gasteiger partial charge < -0.3 is 10.1 Å². The van der Waals surface area contributed by atoms with Gasteiger partial charge in [-0.2, -0.15) is 5.10 Å². The molecule has 2 N–H and O–H groups in total. The van der Waals surface area contributed by atoms with E-state index in [9.17, 15) is 0 Å². The van der Waals surface area contributed by atoms with Gasteiger partial charge in [0, 0.05) is 15.4 Å². The second-order valence-corrected chi connectivity index (χ2v) is 7.07. The fourth-order valence-electron chi connectivity index (χ4n) is 2.87. The Morgan fingerprint density at radius 1 is 1.04 bits per heavy atom. The first-order valence-corrected chi connectivity index (χ1v) is 9.58. The van der Waals surface area contributed by atoms with Crippen LogP contribution in [0.3, 0.4) is 0 Å². The molecule has 25 heavy (non-hydrogen) atoms. The van der Waals surface area contributed by atoms with Crippen molar-refractivity contribution >= 4 is 26.8 Å². The minimum Gasteiger partial charge on any atom is -0.494 e. The van der Waals surface area contributed by atoms with Gasteiger partial charge in [-0.05, 0) is 68.9 Å². The van der Waals surface area contributed by atoms with E-state index in [2.05, 4.69) is 49.6 Å². The minimum absolute atomic E-state index is 0.776. The van der Waals surface area contributed by atoms with Crippen molar-refractivity contribution < 1.29 is 4.74 Å². The number of nitrogens with one attached hydrogen (secondary N) is 2. The van der Waals surface area contributed by atoms with Crippen LogP contribution in [0.2, 0.25) is 0 Å². The van der Waals surface area contributed by atoms with E-state index in [4.69, 9.17) is 4.74 Å². The van der Waals surface area contributed by atoms with Gasteiger partial charge in [0.15, 0.2) is 0 Å². The van der Waals surface area contributed by atoms with Gasteiger partial charge in [-0.15, -0.1) is 0 Å². The van der Waals surface area contributed by atoms with Gasteiger partial charge in [0.1, 0.15) is 5.75 Å². The number of fused-ring (bicyclic) bond motifs is 1. The van der Waals surface area contributed by atoms with Gasteiger partial charge in [-0.25, -0.2) is 0 Å². The van der Waals surface area contributed by atoms with E-state index in [0.29, 0.717) is 0 Å². The normalized spacial score (nSPS) is 11.1. The van der Waals surface area contributed by atoms with Crippen LogP contribution in [0.1, 0.15) is 25.7 Å². The summed E-state index contributed by atoms with van der Waals surface area (Å²) in [5, 5.41) is 11.8. The van der Waals surface area contributed by atoms with Crippen LogP contribution in [-0.4, -0.2) is 30.4 Å². The SMILES string of the molecule is CNCCCCCCOc1ccc(-c2n[nH]c3cc(Br)ccc23)cc1. The lowest BCUT2D eigenvalue weighted by molar-refractivity contribution is 0.304. The molecule has 0 saturated carbocycles. The van der Waals surface area contributed by atoms with E-state index >= 15 is 0 Å². The standard InChI is InChI=1S/C20H24BrN3O/c1-22-12-4-2-3-5-13-25-17-9-6-15(7-10-17)20-18-11-8-16(21)14-19(18)23-24-20/h6-11,14,22H,2-5,12-13H2,1H3,(H,23,24). The first kappa shape index (κ1) is 18.0. The first-order chi connectivity index (χ1) is 12.3. The summed E-state index contributed by atoms with van der Waals surface area (Å²) in [4.78, 5) is 0. The molecule has 0 unspecified atom stereocenters. The molecule has 3 aromatic rings. The van der Waals surface area contributed by atoms with Crippen molar-refractivity contribution in [3.05, 3.63) is 46.9 Å². The number of ether oxygens (including phenoxy) is 1. The quantitative estimate of drug-likeness (QED) is 0.487. The summed E-state index contributed by atoms with van der Waals surface area (Å²) in [6.45, 7) is 1.87. The van der Waals surface area contributed by atoms with Gasteiger partial charge in [0.05, 0.1) is 17.8 Å². The van der Waals surface area contributed by atoms with Crippen LogP contribution in [0.4, 0.5) is 0 Å². The molecule has 0 aliphatic heterocycles. The molecule has 0 radical (unpaired) electrons. The molecule has 0 bridgehead atoms. The monoisotopic (exact) mass is 401 g/mol. The molecule has 0 amide bonds. The predicted molar refractivity (Wildman–Crippen MR) is 107 cm³/mol. The van der Waals surface area contributed by atoms with Crippen LogP contribution in [-0.2, 0) is 0 Å². The molecule has 4 nitrogen and oxygen atoms in total. The zero-order valence-corrected chi connectivity index (χ0v) is 16.1. The maximum Gasteiger partial charge on any atom is 0.119 e. The molecule has 3 rings (SSSR count). The summed E-state index contributed by atoms with van der Waals surface area (Å²) < 4.78 is 6.88. The number of H-pyrrole nitrogens is 1. The smallest absolute Gasteiger partial charge is 0.119 e. The predicted octanol–water partition coefficient (Wildman–Crippen LogP) is 5.15. The second kappa shape index (κ2) is 9.02. The summed E-state index contributed by atoms with van der Waals surface area (Å²) in [6, 6.07) is 14.3. The Labute approximate surface area is 157 Å². The molecule has 5 heteroatoms. The maximum absolute atomic E-state index is 5.84. The molecule has 1 heterocycles. The molecule has 0 aliphatic carbocycles. The number of rotatable bonds is 9. The Morgan fingerprint density at radius 2 is 1.84 bits per heavy atom. The molecular formula is C20H24BrN3O. The Kier molecular flexibility index (Phi) is 6.48. The van der Waals surface area contributed by atoms with Gasteiger partial charge >= 0.3 is 0 Å². The van der Waals surface area contributed by atoms with Crippen molar-refractivity contribution in [2.24, 2.45) is 0 Å². The lowest BCUT2D eigenvalue weighted by Crippen LogP contribution is -2.07. The molecule has 0 saturated heterocycles. The zero-order valence-electron chi connectivity index (χ0n) is 14.5. The summed E-state index contributed by atoms with van der Waals surface area (Å²) in [7, 11) is 2.00. The summed E-state index contributed by atoms with van der Waals surface area (Å²) >= 11 is 3.49. The van der Waals surface area contributed by atoms with Crippen LogP contribution in [0, 0.1) is 0 Å². The average Bonchev–Trinajstić information content (AvgIpc) is 3.04. The fraction of sp³-hybridized carbons (Fsp3) is 0.350. The van der Waals surface area contributed by atoms with Crippen molar-refractivity contribution in [2.75, 3.05) is 20.2 Å². The van der Waals surface area contributed by atoms with Crippen molar-refractivity contribution in [1.29, 1.82) is 0 Å². The lowest BCUT2D eigenvalue weighted by atomic mass is 10.1. The third-order valence-electron chi connectivity index (χ3n) is 4.24. The highest BCUT2D eigenvalue weighted by atomic mass is 79.9. The highest BCUT2D eigenvalue weighted by molar-refractivity contribution is 9.10. The van der Waals surface area contributed by atoms with Crippen LogP contribution in [0.25, 0.3) is 22.2 Å². The number of halogens is 1. The van der Waals surface area contributed by atoms with Gasteiger partial charge in [-0.3, -0.25) is 5.10 Å². The summed E-state index contributed by atoms with van der Waals surface area (Å²) in [6.07, 6.45) is 4.81. The Morgan fingerprint density at radius 3 is 2.64 bits per heavy atom. The van der Waals surface area contributed by atoms with E-state index in [1.165, 1.54) is 19.3 Å². The molecule has 132 valence electrons. The lowest BCUT2D eigenvalue weighted by Gasteiger charge is -2.07. The van der Waals surface area contributed by atoms with E-state index < -0.39 is 0 Å². The van der Waals surface area contributed by atoms with Crippen LogP contribution < -0.4 is 10.1 Å². The number of aromatic nitrogens is 2. The molecule has 2 aromatic carbocycles. The van der Waals surface area contributed by atoms with Crippen molar-refractivity contribution in [3.8, 4) is 17.0 Å². The van der Waals surface area contributed by atoms with Crippen LogP contribution >= 0.6 is 15.9 Å². The van der Waals surface area contributed by atoms with E-state index in [0.717, 1.165) is 52.0 Å². The first-order valence-electron chi connectivity index (χ1n) is 8.79. The van der Waals surface area contributed by atoms with E-state index in [1.54, 1.807) is 0 Å². The van der Waals surface area contributed by atoms with Crippen LogP contribution in [0.5, 0.6) is 5.75 Å². The third kappa shape index (κ3) is 4.83. The fourth-order valence-corrected chi connectivity index (χ4v) is 3.23. The number of benzene rings is 2. The maximum atomic E-state index is 5.84. The average molecular weight is 402 g/mol. The second-order valence-electron chi connectivity index (χ2n) is 6.15. The van der Waals surface area contributed by atoms with Gasteiger partial charge in [0.2, 0.25) is 0 Å². The number of hydrogen-bond donors (Lipinski definition) is 2. The molecular weight excluding hydrogens is 378 g/mol. The Balaban J connectivity index is 1.55. The zero-order chi connectivity index (χ0) is 17.5. The largest absolute Gasteiger partial charge is 0.494 e. The highest BCUT2D eigenvalue weighted by Crippen LogP contribution is 2.29. The number of aromatic amines is 1. The summed E-state index contributed by atoms with van der Waals surface area (Å²) in [5.74, 6) is 0.918. The number of hydrogen-bond acceptors (Lipinski definition) is 3. The van der Waals surface area contributed by atoms with Gasteiger partial charge in [0.25, 0.3) is 0 Å². The molecule has 1 aromatic heterocycles. The van der Waals surface area contributed by atoms with E-state index in [-0.39, 0.29) is 0 Å². The Bertz CT molecular complexity index is 798. The van der Waals surface area contributed by atoms with E-state index in [1.807, 2.05) is 31.3 Å². The molecule has 0 spiro atoms. The molecule has 0 fully saturated rings.